The topological polar surface area (TPSA) is 167 Å². The number of benzene rings is 3. The lowest BCUT2D eigenvalue weighted by Crippen LogP contribution is -2.25. The summed E-state index contributed by atoms with van der Waals surface area (Å²) in [5, 5.41) is 38.9. The molecular formula is C30H11N11. The van der Waals surface area contributed by atoms with Crippen LogP contribution in [0.3, 0.4) is 0 Å². The van der Waals surface area contributed by atoms with Crippen molar-refractivity contribution in [2.24, 2.45) is 9.98 Å². The highest BCUT2D eigenvalue weighted by atomic mass is 15.0. The van der Waals surface area contributed by atoms with Crippen LogP contribution >= 0.6 is 0 Å². The van der Waals surface area contributed by atoms with E-state index < -0.39 is 0 Å². The Kier molecular flexibility index (Phi) is 6.47. The monoisotopic (exact) mass is 525 g/mol. The number of nitriles is 4. The Hall–Kier alpha value is -7.05. The highest BCUT2D eigenvalue weighted by Gasteiger charge is 2.20. The molecule has 0 amide bonds. The van der Waals surface area contributed by atoms with E-state index in [9.17, 15) is 21.0 Å². The maximum absolute atomic E-state index is 10.1. The summed E-state index contributed by atoms with van der Waals surface area (Å²) in [7, 11) is 0. The zero-order valence-corrected chi connectivity index (χ0v) is 21.0. The van der Waals surface area contributed by atoms with Gasteiger partial charge < -0.3 is 0 Å². The van der Waals surface area contributed by atoms with Crippen molar-refractivity contribution >= 4 is 5.69 Å². The molecule has 4 aromatic rings. The molecule has 2 heterocycles. The number of nitrogens with zero attached hydrogens (tertiary/aromatic N) is 11. The summed E-state index contributed by atoms with van der Waals surface area (Å²) in [4.78, 5) is 28.9. The average Bonchev–Trinajstić information content (AvgIpc) is 3.44. The van der Waals surface area contributed by atoms with Gasteiger partial charge in [-0.05, 0) is 61.0 Å². The Morgan fingerprint density at radius 2 is 1.41 bits per heavy atom. The van der Waals surface area contributed by atoms with E-state index in [0.29, 0.717) is 22.0 Å². The van der Waals surface area contributed by atoms with Crippen LogP contribution < -0.4 is 10.7 Å². The van der Waals surface area contributed by atoms with Crippen molar-refractivity contribution in [2.75, 3.05) is 0 Å². The molecule has 1 aliphatic heterocycles. The van der Waals surface area contributed by atoms with E-state index in [1.807, 2.05) is 13.0 Å². The smallest absolute Gasteiger partial charge is 0.238 e. The predicted molar refractivity (Wildman–Crippen MR) is 143 cm³/mol. The van der Waals surface area contributed by atoms with E-state index in [1.165, 1.54) is 6.07 Å². The quantitative estimate of drug-likeness (QED) is 0.285. The van der Waals surface area contributed by atoms with Gasteiger partial charge in [0.25, 0.3) is 0 Å². The summed E-state index contributed by atoms with van der Waals surface area (Å²) < 4.78 is 0. The average molecular weight is 525 g/mol. The van der Waals surface area contributed by atoms with E-state index in [0.717, 1.165) is 5.56 Å². The van der Waals surface area contributed by atoms with E-state index in [-0.39, 0.29) is 56.7 Å². The second kappa shape index (κ2) is 10.4. The lowest BCUT2D eigenvalue weighted by molar-refractivity contribution is 1.07. The first-order valence-corrected chi connectivity index (χ1v) is 11.6. The molecule has 11 nitrogen and oxygen atoms in total. The fraction of sp³-hybridized carbons (Fsp3) is 0.0333. The molecule has 0 saturated heterocycles. The van der Waals surface area contributed by atoms with E-state index in [1.54, 1.807) is 48.5 Å². The molecule has 0 fully saturated rings. The van der Waals surface area contributed by atoms with Gasteiger partial charge in [0, 0.05) is 22.3 Å². The molecule has 186 valence electrons. The molecule has 0 bridgehead atoms. The summed E-state index contributed by atoms with van der Waals surface area (Å²) in [5.41, 5.74) is 2.60. The van der Waals surface area contributed by atoms with Gasteiger partial charge in [0.15, 0.2) is 29.0 Å². The third-order valence-electron chi connectivity index (χ3n) is 5.92. The van der Waals surface area contributed by atoms with Crippen LogP contribution in [0.25, 0.3) is 43.9 Å². The zero-order valence-electron chi connectivity index (χ0n) is 21.0. The van der Waals surface area contributed by atoms with Gasteiger partial charge in [-0.25, -0.2) is 39.9 Å². The molecule has 0 unspecified atom stereocenters. The summed E-state index contributed by atoms with van der Waals surface area (Å²) in [6, 6.07) is 20.8. The number of hydrogen-bond acceptors (Lipinski definition) is 9. The molecule has 1 aromatic heterocycles. The molecule has 0 spiro atoms. The predicted octanol–water partition coefficient (Wildman–Crippen LogP) is 4.21. The van der Waals surface area contributed by atoms with Gasteiger partial charge >= 0.3 is 5.70 Å². The Morgan fingerprint density at radius 3 is 2.02 bits per heavy atom. The van der Waals surface area contributed by atoms with Gasteiger partial charge in [0.2, 0.25) is 0 Å². The van der Waals surface area contributed by atoms with Gasteiger partial charge in [0.05, 0.1) is 47.8 Å². The molecular weight excluding hydrogens is 514 g/mol. The van der Waals surface area contributed by atoms with Crippen molar-refractivity contribution in [3.05, 3.63) is 116 Å². The van der Waals surface area contributed by atoms with Gasteiger partial charge in [-0.15, -0.1) is 0 Å². The van der Waals surface area contributed by atoms with Crippen molar-refractivity contribution in [3.63, 3.8) is 0 Å². The Bertz CT molecular complexity index is 2190. The summed E-state index contributed by atoms with van der Waals surface area (Å²) in [5.74, 6) is 0.336. The van der Waals surface area contributed by atoms with Crippen LogP contribution in [0.2, 0.25) is 0 Å². The van der Waals surface area contributed by atoms with Crippen molar-refractivity contribution in [3.8, 4) is 58.4 Å². The van der Waals surface area contributed by atoms with Gasteiger partial charge in [0.1, 0.15) is 11.4 Å². The lowest BCUT2D eigenvalue weighted by atomic mass is 10.0. The second-order valence-corrected chi connectivity index (χ2v) is 8.59. The molecule has 11 heteroatoms. The van der Waals surface area contributed by atoms with Crippen molar-refractivity contribution in [1.29, 1.82) is 21.0 Å². The maximum atomic E-state index is 10.1. The Morgan fingerprint density at radius 1 is 0.756 bits per heavy atom. The Labute approximate surface area is 232 Å². The largest absolute Gasteiger partial charge is 0.305 e. The van der Waals surface area contributed by atoms with Crippen LogP contribution in [0.5, 0.6) is 0 Å². The molecule has 3 aromatic carbocycles. The van der Waals surface area contributed by atoms with Crippen LogP contribution in [0.15, 0.2) is 70.0 Å². The van der Waals surface area contributed by atoms with Gasteiger partial charge in [-0.1, -0.05) is 0 Å². The first kappa shape index (κ1) is 25.6. The highest BCUT2D eigenvalue weighted by Crippen LogP contribution is 2.29. The number of aromatic nitrogens is 3. The standard InChI is InChI=1S/C30H11N11/c1-16-6-17(12-31)8-19(7-16)27-39-28(20-9-18(13-32)10-21(11-20)35-2)41-29(40-27)22-4-5-24-26(23(22)14-33)38-30(37-24)25(15-34)36-3/h4-11H,1H3/b30-25+. The molecule has 5 rings (SSSR count). The van der Waals surface area contributed by atoms with Crippen LogP contribution in [0.4, 0.5) is 5.69 Å². The SMILES string of the molecule is [C-]#[N+]/C(C#N)=C1\N=c2ccc(-c3nc(-c4cc(C)cc(C#N)c4)nc(-c4cc(C#N)cc([N+]#[C-])c4)n3)c(C#N)c2=N1. The minimum atomic E-state index is -0.308. The Balaban J connectivity index is 1.83. The first-order valence-electron chi connectivity index (χ1n) is 11.6. The summed E-state index contributed by atoms with van der Waals surface area (Å²) in [6.45, 7) is 16.5. The fourth-order valence-corrected chi connectivity index (χ4v) is 4.16. The summed E-state index contributed by atoms with van der Waals surface area (Å²) in [6.07, 6.45) is 0. The summed E-state index contributed by atoms with van der Waals surface area (Å²) >= 11 is 0. The third kappa shape index (κ3) is 4.70. The second-order valence-electron chi connectivity index (χ2n) is 8.59. The minimum absolute atomic E-state index is 0.0706. The van der Waals surface area contributed by atoms with Gasteiger partial charge in [-0.3, -0.25) is 0 Å². The number of hydrogen-bond donors (Lipinski definition) is 0. The number of aryl methyl sites for hydroxylation is 1. The molecule has 41 heavy (non-hydrogen) atoms. The van der Waals surface area contributed by atoms with Crippen molar-refractivity contribution in [2.45, 2.75) is 6.92 Å². The first-order chi connectivity index (χ1) is 19.9. The normalized spacial score (nSPS) is 12.1. The van der Waals surface area contributed by atoms with Crippen LogP contribution in [-0.4, -0.2) is 15.0 Å². The lowest BCUT2D eigenvalue weighted by Gasteiger charge is -2.10. The molecule has 0 N–H and O–H groups in total. The number of rotatable bonds is 3. The molecule has 1 aliphatic rings. The van der Waals surface area contributed by atoms with Crippen molar-refractivity contribution in [1.82, 2.24) is 15.0 Å². The number of allylic oxidation sites excluding steroid dienone is 1. The number of fused-ring (bicyclic) bond motifs is 1. The maximum Gasteiger partial charge on any atom is 0.305 e. The molecule has 0 aliphatic carbocycles. The van der Waals surface area contributed by atoms with Crippen molar-refractivity contribution < 1.29 is 0 Å². The van der Waals surface area contributed by atoms with Crippen LogP contribution in [-0.2, 0) is 0 Å². The third-order valence-corrected chi connectivity index (χ3v) is 5.92. The van der Waals surface area contributed by atoms with Crippen LogP contribution in [0.1, 0.15) is 22.3 Å². The molecule has 0 atom stereocenters. The zero-order chi connectivity index (χ0) is 29.1. The molecule has 0 radical (unpaired) electrons. The van der Waals surface area contributed by atoms with E-state index in [4.69, 9.17) is 13.1 Å². The fourth-order valence-electron chi connectivity index (χ4n) is 4.16. The minimum Gasteiger partial charge on any atom is -0.238 e. The highest BCUT2D eigenvalue weighted by molar-refractivity contribution is 5.73. The van der Waals surface area contributed by atoms with Crippen LogP contribution in [0, 0.1) is 65.4 Å². The van der Waals surface area contributed by atoms with E-state index >= 15 is 0 Å². The van der Waals surface area contributed by atoms with Gasteiger partial charge in [-0.2, -0.15) is 15.8 Å². The molecule has 0 saturated carbocycles. The van der Waals surface area contributed by atoms with E-state index in [2.05, 4.69) is 46.8 Å².